The van der Waals surface area contributed by atoms with Crippen molar-refractivity contribution in [3.8, 4) is 5.75 Å². The van der Waals surface area contributed by atoms with Crippen LogP contribution in [0.5, 0.6) is 5.75 Å². The molecule has 0 spiro atoms. The number of likely N-dealkylation sites (N-methyl/N-ethyl adjacent to an activating group) is 1. The van der Waals surface area contributed by atoms with Crippen LogP contribution in [0.4, 0.5) is 5.69 Å². The molecule has 1 N–H and O–H groups in total. The zero-order chi connectivity index (χ0) is 30.8. The van der Waals surface area contributed by atoms with Crippen molar-refractivity contribution in [1.82, 2.24) is 19.8 Å². The van der Waals surface area contributed by atoms with Crippen LogP contribution in [-0.4, -0.2) is 89.1 Å². The normalized spacial score (nSPS) is 19.0. The minimum absolute atomic E-state index is 0.0262. The van der Waals surface area contributed by atoms with Gasteiger partial charge in [0.15, 0.2) is 0 Å². The van der Waals surface area contributed by atoms with Crippen molar-refractivity contribution in [1.29, 1.82) is 0 Å². The van der Waals surface area contributed by atoms with Gasteiger partial charge in [0.2, 0.25) is 17.7 Å². The fourth-order valence-corrected chi connectivity index (χ4v) is 6.73. The first-order chi connectivity index (χ1) is 20.5. The first-order valence-corrected chi connectivity index (χ1v) is 14.9. The molecule has 0 aliphatic carbocycles. The minimum Gasteiger partial charge on any atom is -0.508 e. The summed E-state index contributed by atoms with van der Waals surface area (Å²) in [6, 6.07) is 19.0. The van der Waals surface area contributed by atoms with Crippen molar-refractivity contribution < 1.29 is 19.5 Å². The molecule has 226 valence electrons. The summed E-state index contributed by atoms with van der Waals surface area (Å²) in [5.41, 5.74) is 3.32. The van der Waals surface area contributed by atoms with Gasteiger partial charge in [-0.3, -0.25) is 19.4 Å². The molecule has 0 bridgehead atoms. The summed E-state index contributed by atoms with van der Waals surface area (Å²) in [4.78, 5) is 46.7. The lowest BCUT2D eigenvalue weighted by molar-refractivity contribution is -0.202. The van der Waals surface area contributed by atoms with Crippen molar-refractivity contribution in [3.05, 3.63) is 93.5 Å². The number of halogens is 2. The van der Waals surface area contributed by atoms with E-state index in [1.54, 1.807) is 63.3 Å². The predicted molar refractivity (Wildman–Crippen MR) is 167 cm³/mol. The largest absolute Gasteiger partial charge is 0.508 e. The summed E-state index contributed by atoms with van der Waals surface area (Å²) in [5, 5.41) is 14.0. The molecule has 2 aliphatic heterocycles. The molecule has 2 saturated heterocycles. The molecule has 2 aliphatic rings. The summed E-state index contributed by atoms with van der Waals surface area (Å²) in [6.07, 6.45) is 0.326. The Hall–Kier alpha value is -3.79. The Balaban J connectivity index is 1.51. The van der Waals surface area contributed by atoms with Gasteiger partial charge in [-0.05, 0) is 47.4 Å². The van der Waals surface area contributed by atoms with Gasteiger partial charge in [-0.1, -0.05) is 65.7 Å². The Kier molecular flexibility index (Phi) is 9.15. The van der Waals surface area contributed by atoms with Crippen LogP contribution < -0.4 is 4.90 Å². The topological polar surface area (TPSA) is 87.6 Å². The van der Waals surface area contributed by atoms with Gasteiger partial charge in [0, 0.05) is 45.6 Å². The molecule has 0 radical (unpaired) electrons. The summed E-state index contributed by atoms with van der Waals surface area (Å²) < 4.78 is 0. The van der Waals surface area contributed by atoms with E-state index >= 15 is 0 Å². The maximum atomic E-state index is 14.2. The van der Waals surface area contributed by atoms with Gasteiger partial charge in [-0.15, -0.1) is 0 Å². The summed E-state index contributed by atoms with van der Waals surface area (Å²) in [6.45, 7) is 0.281. The Labute approximate surface area is 261 Å². The molecule has 2 atom stereocenters. The molecular weight excluding hydrogens is 589 g/mol. The summed E-state index contributed by atoms with van der Waals surface area (Å²) in [7, 11) is 5.47. The summed E-state index contributed by atoms with van der Waals surface area (Å²) in [5.74, 6) is -0.486. The predicted octanol–water partition coefficient (Wildman–Crippen LogP) is 4.20. The number of hydrogen-bond acceptors (Lipinski definition) is 6. The Morgan fingerprint density at radius 2 is 1.70 bits per heavy atom. The number of aryl methyl sites for hydroxylation is 1. The molecule has 5 rings (SSSR count). The van der Waals surface area contributed by atoms with Gasteiger partial charge >= 0.3 is 0 Å². The van der Waals surface area contributed by atoms with Crippen LogP contribution in [0.2, 0.25) is 10.0 Å². The highest BCUT2D eigenvalue weighted by Gasteiger charge is 2.50. The summed E-state index contributed by atoms with van der Waals surface area (Å²) >= 11 is 13.0. The van der Waals surface area contributed by atoms with Crippen LogP contribution in [0.1, 0.15) is 23.1 Å². The third-order valence-corrected chi connectivity index (χ3v) is 8.45. The van der Waals surface area contributed by atoms with Crippen molar-refractivity contribution >= 4 is 46.6 Å². The molecule has 3 aromatic carbocycles. The molecule has 0 aromatic heterocycles. The van der Waals surface area contributed by atoms with Crippen LogP contribution in [0.3, 0.4) is 0 Å². The molecule has 43 heavy (non-hydrogen) atoms. The molecule has 11 heteroatoms. The number of amides is 3. The zero-order valence-electron chi connectivity index (χ0n) is 24.4. The van der Waals surface area contributed by atoms with Crippen LogP contribution in [-0.2, 0) is 33.8 Å². The van der Waals surface area contributed by atoms with E-state index in [0.717, 1.165) is 22.4 Å². The molecule has 3 amide bonds. The zero-order valence-corrected chi connectivity index (χ0v) is 25.9. The number of piperazine rings is 1. The average Bonchev–Trinajstić information content (AvgIpc) is 2.95. The second-order valence-corrected chi connectivity index (χ2v) is 12.1. The Morgan fingerprint density at radius 3 is 2.37 bits per heavy atom. The molecule has 9 nitrogen and oxygen atoms in total. The lowest BCUT2D eigenvalue weighted by Crippen LogP contribution is -2.75. The third kappa shape index (κ3) is 6.59. The van der Waals surface area contributed by atoms with Gasteiger partial charge in [0.25, 0.3) is 0 Å². The lowest BCUT2D eigenvalue weighted by Gasteiger charge is -2.54. The number of carbonyl (C=O) groups is 3. The van der Waals surface area contributed by atoms with E-state index in [0.29, 0.717) is 16.5 Å². The fourth-order valence-electron chi connectivity index (χ4n) is 6.03. The number of hydrogen-bond donors (Lipinski definition) is 1. The minimum atomic E-state index is -0.855. The number of benzene rings is 3. The van der Waals surface area contributed by atoms with Crippen LogP contribution >= 0.6 is 23.2 Å². The van der Waals surface area contributed by atoms with Gasteiger partial charge in [0.05, 0.1) is 23.8 Å². The molecule has 0 saturated carbocycles. The molecule has 3 aromatic rings. The number of anilines is 1. The fraction of sp³-hybridized carbons (Fsp3) is 0.344. The first kappa shape index (κ1) is 30.7. The van der Waals surface area contributed by atoms with E-state index < -0.39 is 12.2 Å². The van der Waals surface area contributed by atoms with Gasteiger partial charge < -0.3 is 19.8 Å². The highest BCUT2D eigenvalue weighted by Crippen LogP contribution is 2.35. The third-order valence-electron chi connectivity index (χ3n) is 7.95. The second-order valence-electron chi connectivity index (χ2n) is 11.2. The second kappa shape index (κ2) is 12.8. The van der Waals surface area contributed by atoms with E-state index in [2.05, 4.69) is 0 Å². The lowest BCUT2D eigenvalue weighted by atomic mass is 9.98. The van der Waals surface area contributed by atoms with E-state index in [4.69, 9.17) is 23.2 Å². The number of hydrazine groups is 1. The average molecular weight is 625 g/mol. The molecule has 2 heterocycles. The van der Waals surface area contributed by atoms with Gasteiger partial charge in [-0.25, -0.2) is 5.01 Å². The maximum Gasteiger partial charge on any atom is 0.246 e. The maximum absolute atomic E-state index is 14.2. The number of phenols is 1. The number of fused-ring (bicyclic) bond motifs is 1. The number of carbonyl (C=O) groups excluding carboxylic acids is 3. The van der Waals surface area contributed by atoms with Gasteiger partial charge in [0.1, 0.15) is 18.0 Å². The SMILES string of the molecule is CN(C)c1c(Cl)cc(Cl)cc1CN1CC2N(C(=O)CN(C)N2C(=O)CCc2ccccc2)[C@@H](Cc2ccc(O)cc2)C1=O. The van der Waals surface area contributed by atoms with Gasteiger partial charge in [-0.2, -0.15) is 0 Å². The Morgan fingerprint density at radius 1 is 1.00 bits per heavy atom. The van der Waals surface area contributed by atoms with Crippen LogP contribution in [0.25, 0.3) is 0 Å². The first-order valence-electron chi connectivity index (χ1n) is 14.1. The number of nitrogens with zero attached hydrogens (tertiary/aromatic N) is 5. The molecule has 2 fully saturated rings. The Bertz CT molecular complexity index is 1500. The highest BCUT2D eigenvalue weighted by molar-refractivity contribution is 6.36. The van der Waals surface area contributed by atoms with Crippen molar-refractivity contribution in [3.63, 3.8) is 0 Å². The van der Waals surface area contributed by atoms with E-state index in [-0.39, 0.29) is 55.9 Å². The molecule has 1 unspecified atom stereocenters. The highest BCUT2D eigenvalue weighted by atomic mass is 35.5. The smallest absolute Gasteiger partial charge is 0.246 e. The van der Waals surface area contributed by atoms with Crippen molar-refractivity contribution in [2.24, 2.45) is 0 Å². The number of phenolic OH excluding ortho intramolecular Hbond substituents is 1. The van der Waals surface area contributed by atoms with E-state index in [9.17, 15) is 19.5 Å². The van der Waals surface area contributed by atoms with E-state index in [1.807, 2.05) is 49.3 Å². The number of rotatable bonds is 8. The standard InChI is InChI=1S/C32H35Cl2N5O4/c1-35(2)31-23(16-24(33)17-26(31)34)18-37-19-28-38(27(32(37)43)15-22-9-12-25(40)13-10-22)30(42)20-36(3)39(28)29(41)14-11-21-7-5-4-6-8-21/h4-10,12-13,16-17,27-28,40H,11,14-15,18-20H2,1-3H3/t27-,28?/m0/s1. The van der Waals surface area contributed by atoms with E-state index in [1.165, 1.54) is 0 Å². The quantitative estimate of drug-likeness (QED) is 0.405. The van der Waals surface area contributed by atoms with Crippen LogP contribution in [0.15, 0.2) is 66.7 Å². The van der Waals surface area contributed by atoms with Crippen molar-refractivity contribution in [2.75, 3.05) is 39.1 Å². The molecular formula is C32H35Cl2N5O4. The van der Waals surface area contributed by atoms with Crippen molar-refractivity contribution in [2.45, 2.75) is 38.0 Å². The van der Waals surface area contributed by atoms with Crippen LogP contribution in [0, 0.1) is 0 Å². The number of aromatic hydroxyl groups is 1. The monoisotopic (exact) mass is 623 g/mol.